The molecule has 2 aromatic rings. The van der Waals surface area contributed by atoms with E-state index in [9.17, 15) is 31.1 Å². The van der Waals surface area contributed by atoms with Gasteiger partial charge in [0.05, 0.1) is 0 Å². The lowest BCUT2D eigenvalue weighted by atomic mass is 10.3. The number of aryl methyl sites for hydroxylation is 1. The molecule has 0 aliphatic heterocycles. The number of hydrogen-bond acceptors (Lipinski definition) is 4. The molecule has 0 amide bonds. The Hall–Kier alpha value is -1.63. The largest absolute Gasteiger partial charge is 0.404 e. The van der Waals surface area contributed by atoms with Crippen molar-refractivity contribution in [2.45, 2.75) is 30.3 Å². The maximum absolute atomic E-state index is 14.6. The lowest BCUT2D eigenvalue weighted by Gasteiger charge is -2.17. The molecule has 2 atom stereocenters. The van der Waals surface area contributed by atoms with E-state index in [4.69, 9.17) is 0 Å². The van der Waals surface area contributed by atoms with Crippen molar-refractivity contribution in [3.63, 3.8) is 0 Å². The molecule has 150 valence electrons. The molecule has 3 N–H and O–H groups in total. The molecule has 0 aliphatic rings. The van der Waals surface area contributed by atoms with E-state index < -0.39 is 44.9 Å². The summed E-state index contributed by atoms with van der Waals surface area (Å²) in [7, 11) is -3.54. The average Bonchev–Trinajstić information content (AvgIpc) is 2.81. The first-order valence-electron chi connectivity index (χ1n) is 7.47. The summed E-state index contributed by atoms with van der Waals surface area (Å²) in [4.78, 5) is -0.994. The summed E-state index contributed by atoms with van der Waals surface area (Å²) in [5.74, 6) is -1.35. The minimum atomic E-state index is -4.83. The highest BCUT2D eigenvalue weighted by molar-refractivity contribution is 9.10. The van der Waals surface area contributed by atoms with E-state index in [1.807, 2.05) is 0 Å². The normalized spacial score (nSPS) is 14.8. The highest BCUT2D eigenvalue weighted by Crippen LogP contribution is 2.28. The van der Waals surface area contributed by atoms with Crippen molar-refractivity contribution in [2.24, 2.45) is 7.05 Å². The third kappa shape index (κ3) is 5.00. The topological polar surface area (TPSA) is 83.4 Å². The molecule has 1 aromatic heterocycles. The predicted octanol–water partition coefficient (Wildman–Crippen LogP) is 3.26. The summed E-state index contributed by atoms with van der Waals surface area (Å²) >= 11 is 3.23. The molecule has 0 spiro atoms. The SMILES string of the molecule is C[C@@H](NS(=O)(=O)c1cn(C)c(C(O)Nc2cccc(Br)c2)c1F)C(F)(F)F. The van der Waals surface area contributed by atoms with Crippen molar-refractivity contribution >= 4 is 31.6 Å². The van der Waals surface area contributed by atoms with Gasteiger partial charge in [0.1, 0.15) is 16.6 Å². The van der Waals surface area contributed by atoms with Gasteiger partial charge in [-0.2, -0.15) is 17.9 Å². The third-order valence-corrected chi connectivity index (χ3v) is 5.65. The van der Waals surface area contributed by atoms with Crippen LogP contribution < -0.4 is 10.0 Å². The molecule has 0 fully saturated rings. The van der Waals surface area contributed by atoms with Crippen molar-refractivity contribution in [3.05, 3.63) is 46.4 Å². The van der Waals surface area contributed by atoms with Gasteiger partial charge in [0, 0.05) is 23.4 Å². The van der Waals surface area contributed by atoms with Crippen LogP contribution >= 0.6 is 15.9 Å². The van der Waals surface area contributed by atoms with Crippen LogP contribution in [0.1, 0.15) is 18.8 Å². The number of sulfonamides is 1. The van der Waals surface area contributed by atoms with E-state index in [0.717, 1.165) is 10.8 Å². The van der Waals surface area contributed by atoms with Crippen LogP contribution in [0.25, 0.3) is 0 Å². The molecule has 0 bridgehead atoms. The molecule has 0 radical (unpaired) electrons. The molecule has 1 unspecified atom stereocenters. The van der Waals surface area contributed by atoms with Crippen LogP contribution in [-0.2, 0) is 17.1 Å². The van der Waals surface area contributed by atoms with Gasteiger partial charge in [-0.1, -0.05) is 22.0 Å². The minimum Gasteiger partial charge on any atom is -0.368 e. The van der Waals surface area contributed by atoms with Crippen molar-refractivity contribution in [1.82, 2.24) is 9.29 Å². The van der Waals surface area contributed by atoms with Gasteiger partial charge in [0.25, 0.3) is 0 Å². The summed E-state index contributed by atoms with van der Waals surface area (Å²) in [5.41, 5.74) is -0.0410. The molecular formula is C15H16BrF4N3O3S. The number of rotatable bonds is 6. The van der Waals surface area contributed by atoms with Crippen LogP contribution in [0.2, 0.25) is 0 Å². The van der Waals surface area contributed by atoms with Crippen LogP contribution in [0.4, 0.5) is 23.2 Å². The van der Waals surface area contributed by atoms with Gasteiger partial charge in [0.15, 0.2) is 12.0 Å². The van der Waals surface area contributed by atoms with Gasteiger partial charge in [-0.15, -0.1) is 0 Å². The smallest absolute Gasteiger partial charge is 0.368 e. The van der Waals surface area contributed by atoms with Gasteiger partial charge in [-0.25, -0.2) is 12.8 Å². The number of alkyl halides is 3. The molecule has 6 nitrogen and oxygen atoms in total. The Morgan fingerprint density at radius 2 is 1.93 bits per heavy atom. The zero-order valence-corrected chi connectivity index (χ0v) is 16.5. The number of anilines is 1. The molecule has 2 rings (SSSR count). The highest BCUT2D eigenvalue weighted by Gasteiger charge is 2.40. The van der Waals surface area contributed by atoms with Crippen LogP contribution in [0.15, 0.2) is 39.8 Å². The summed E-state index contributed by atoms with van der Waals surface area (Å²) in [6, 6.07) is 4.14. The van der Waals surface area contributed by atoms with Gasteiger partial charge >= 0.3 is 6.18 Å². The first-order chi connectivity index (χ1) is 12.3. The van der Waals surface area contributed by atoms with Crippen molar-refractivity contribution in [1.29, 1.82) is 0 Å². The Bertz CT molecular complexity index is 931. The monoisotopic (exact) mass is 473 g/mol. The van der Waals surface area contributed by atoms with E-state index in [1.165, 1.54) is 11.8 Å². The number of aliphatic hydroxyl groups is 1. The number of nitrogens with one attached hydrogen (secondary N) is 2. The third-order valence-electron chi connectivity index (χ3n) is 3.63. The van der Waals surface area contributed by atoms with Crippen LogP contribution in [0, 0.1) is 5.82 Å². The number of halogens is 5. The van der Waals surface area contributed by atoms with Crippen molar-refractivity contribution in [2.75, 3.05) is 5.32 Å². The number of hydrogen-bond donors (Lipinski definition) is 3. The van der Waals surface area contributed by atoms with Gasteiger partial charge in [0.2, 0.25) is 10.0 Å². The second-order valence-corrected chi connectivity index (χ2v) is 8.34. The maximum Gasteiger partial charge on any atom is 0.404 e. The molecule has 27 heavy (non-hydrogen) atoms. The molecule has 1 heterocycles. The summed E-state index contributed by atoms with van der Waals surface area (Å²) in [5, 5.41) is 12.8. The number of aromatic nitrogens is 1. The number of aliphatic hydroxyl groups excluding tert-OH is 1. The summed E-state index contributed by atoms with van der Waals surface area (Å²) < 4.78 is 79.7. The first-order valence-corrected chi connectivity index (χ1v) is 9.74. The first kappa shape index (κ1) is 21.7. The Kier molecular flexibility index (Phi) is 6.24. The van der Waals surface area contributed by atoms with Crippen LogP contribution in [-0.4, -0.2) is 30.3 Å². The Morgan fingerprint density at radius 3 is 2.48 bits per heavy atom. The van der Waals surface area contributed by atoms with Crippen molar-refractivity contribution < 1.29 is 31.1 Å². The molecule has 0 saturated heterocycles. The fraction of sp³-hybridized carbons (Fsp3) is 0.333. The molecule has 12 heteroatoms. The second kappa shape index (κ2) is 7.78. The summed E-state index contributed by atoms with van der Waals surface area (Å²) in [6.07, 6.45) is -5.68. The Labute approximate surface area is 161 Å². The number of benzene rings is 1. The second-order valence-electron chi connectivity index (χ2n) is 5.75. The zero-order valence-electron chi connectivity index (χ0n) is 14.1. The molecule has 0 saturated carbocycles. The fourth-order valence-corrected chi connectivity index (χ4v) is 4.01. The van der Waals surface area contributed by atoms with Gasteiger partial charge < -0.3 is 15.0 Å². The zero-order chi connectivity index (χ0) is 20.6. The van der Waals surface area contributed by atoms with Crippen LogP contribution in [0.3, 0.4) is 0 Å². The van der Waals surface area contributed by atoms with E-state index >= 15 is 0 Å². The standard InChI is InChI=1S/C15H16BrF4N3O3S/c1-8(15(18,19)20)22-27(25,26)11-7-23(2)13(12(11)17)14(24)21-10-5-3-4-9(16)6-10/h3-8,14,21-22,24H,1-2H3/t8-,14?/m1/s1. The Balaban J connectivity index is 2.33. The van der Waals surface area contributed by atoms with E-state index in [1.54, 1.807) is 24.3 Å². The minimum absolute atomic E-state index is 0.408. The lowest BCUT2D eigenvalue weighted by Crippen LogP contribution is -2.43. The maximum atomic E-state index is 14.6. The summed E-state index contributed by atoms with van der Waals surface area (Å²) in [6.45, 7) is 0.600. The highest BCUT2D eigenvalue weighted by atomic mass is 79.9. The van der Waals surface area contributed by atoms with E-state index in [-0.39, 0.29) is 0 Å². The lowest BCUT2D eigenvalue weighted by molar-refractivity contribution is -0.147. The van der Waals surface area contributed by atoms with Gasteiger partial charge in [-0.3, -0.25) is 0 Å². The van der Waals surface area contributed by atoms with Crippen molar-refractivity contribution in [3.8, 4) is 0 Å². The quantitative estimate of drug-likeness (QED) is 0.444. The predicted molar refractivity (Wildman–Crippen MR) is 93.9 cm³/mol. The van der Waals surface area contributed by atoms with Crippen LogP contribution in [0.5, 0.6) is 0 Å². The number of nitrogens with zero attached hydrogens (tertiary/aromatic N) is 1. The average molecular weight is 474 g/mol. The molecular weight excluding hydrogens is 458 g/mol. The van der Waals surface area contributed by atoms with Gasteiger partial charge in [-0.05, 0) is 25.1 Å². The van der Waals surface area contributed by atoms with E-state index in [0.29, 0.717) is 17.1 Å². The molecule has 1 aromatic carbocycles. The fourth-order valence-electron chi connectivity index (χ4n) is 2.25. The van der Waals surface area contributed by atoms with E-state index in [2.05, 4.69) is 21.2 Å². The molecule has 0 aliphatic carbocycles. The Morgan fingerprint density at radius 1 is 1.30 bits per heavy atom.